The molecule has 0 saturated heterocycles. The fourth-order valence-corrected chi connectivity index (χ4v) is 5.02. The molecule has 4 aromatic rings. The summed E-state index contributed by atoms with van der Waals surface area (Å²) in [5.74, 6) is 0.695. The van der Waals surface area contributed by atoms with Crippen LogP contribution in [-0.2, 0) is 4.79 Å². The van der Waals surface area contributed by atoms with Gasteiger partial charge in [0, 0.05) is 17.2 Å². The van der Waals surface area contributed by atoms with Crippen LogP contribution in [0.3, 0.4) is 0 Å². The fraction of sp³-hybridized carbons (Fsp3) is 0.290. The molecule has 5 rings (SSSR count). The first-order valence-electron chi connectivity index (χ1n) is 13.5. The van der Waals surface area contributed by atoms with Gasteiger partial charge in [-0.15, -0.1) is 0 Å². The van der Waals surface area contributed by atoms with Crippen LogP contribution in [0.25, 0.3) is 10.9 Å². The number of fused-ring (bicyclic) bond motifs is 1. The number of para-hydroxylation sites is 1. The van der Waals surface area contributed by atoms with Gasteiger partial charge in [0.15, 0.2) is 18.1 Å². The molecule has 1 N–H and O–H groups in total. The van der Waals surface area contributed by atoms with Crippen LogP contribution in [0.4, 0.5) is 10.1 Å². The molecular formula is C31H31FN4O5. The molecule has 0 unspecified atom stereocenters. The maximum Gasteiger partial charge on any atom is 0.282 e. The number of carbonyl (C=O) groups excluding carboxylic acids is 1. The van der Waals surface area contributed by atoms with E-state index in [9.17, 15) is 14.0 Å². The van der Waals surface area contributed by atoms with Gasteiger partial charge in [-0.3, -0.25) is 9.59 Å². The maximum atomic E-state index is 13.5. The topological polar surface area (TPSA) is 104 Å². The fourth-order valence-electron chi connectivity index (χ4n) is 5.02. The summed E-state index contributed by atoms with van der Waals surface area (Å²) >= 11 is 0. The lowest BCUT2D eigenvalue weighted by Gasteiger charge is -2.22. The lowest BCUT2D eigenvalue weighted by Crippen LogP contribution is -2.25. The van der Waals surface area contributed by atoms with Crippen LogP contribution in [0.5, 0.6) is 17.2 Å². The second-order valence-electron chi connectivity index (χ2n) is 9.79. The number of methoxy groups -OCH3 is 2. The third-order valence-corrected chi connectivity index (χ3v) is 7.01. The summed E-state index contributed by atoms with van der Waals surface area (Å²) in [6.45, 7) is -0.362. The van der Waals surface area contributed by atoms with Gasteiger partial charge in [0.05, 0.1) is 31.3 Å². The molecule has 3 aromatic carbocycles. The number of halogens is 1. The zero-order valence-electron chi connectivity index (χ0n) is 22.9. The lowest BCUT2D eigenvalue weighted by atomic mass is 9.88. The van der Waals surface area contributed by atoms with E-state index in [1.807, 2.05) is 18.2 Å². The van der Waals surface area contributed by atoms with Gasteiger partial charge in [-0.25, -0.2) is 9.37 Å². The standard InChI is InChI=1S/C31H31FN4O5/c1-39-26-15-20(16-27(40-2)29(26)41-19-28(37)34-23-12-8-11-22(32)17-23)18-33-36-30(21-9-4-3-5-10-21)35-25-14-7-6-13-24(25)31(36)38/h6-8,11-18,21H,3-5,9-10,19H2,1-2H3,(H,34,37). The average molecular weight is 559 g/mol. The summed E-state index contributed by atoms with van der Waals surface area (Å²) in [6.07, 6.45) is 6.83. The highest BCUT2D eigenvalue weighted by Gasteiger charge is 2.22. The van der Waals surface area contributed by atoms with E-state index in [0.717, 1.165) is 25.7 Å². The zero-order chi connectivity index (χ0) is 28.8. The van der Waals surface area contributed by atoms with Crippen molar-refractivity contribution in [3.63, 3.8) is 0 Å². The molecule has 0 aliphatic heterocycles. The number of carbonyl (C=O) groups is 1. The minimum Gasteiger partial charge on any atom is -0.493 e. The van der Waals surface area contributed by atoms with Crippen LogP contribution >= 0.6 is 0 Å². The number of amides is 1. The lowest BCUT2D eigenvalue weighted by molar-refractivity contribution is -0.118. The molecule has 9 nitrogen and oxygen atoms in total. The largest absolute Gasteiger partial charge is 0.493 e. The minimum atomic E-state index is -0.483. The first-order valence-corrected chi connectivity index (χ1v) is 13.5. The van der Waals surface area contributed by atoms with E-state index in [1.54, 1.807) is 30.5 Å². The van der Waals surface area contributed by atoms with Crippen LogP contribution < -0.4 is 25.1 Å². The molecule has 0 bridgehead atoms. The first-order chi connectivity index (χ1) is 20.0. The summed E-state index contributed by atoms with van der Waals surface area (Å²) in [6, 6.07) is 16.2. The molecular weight excluding hydrogens is 527 g/mol. The van der Waals surface area contributed by atoms with Gasteiger partial charge in [-0.2, -0.15) is 9.78 Å². The van der Waals surface area contributed by atoms with Gasteiger partial charge >= 0.3 is 0 Å². The molecule has 1 amide bonds. The van der Waals surface area contributed by atoms with Gasteiger partial charge in [0.2, 0.25) is 5.75 Å². The van der Waals surface area contributed by atoms with E-state index in [1.165, 1.54) is 43.5 Å². The minimum absolute atomic E-state index is 0.150. The molecule has 1 heterocycles. The number of aromatic nitrogens is 2. The van der Waals surface area contributed by atoms with Crippen molar-refractivity contribution in [3.05, 3.63) is 88.2 Å². The normalized spacial score (nSPS) is 13.8. The highest BCUT2D eigenvalue weighted by Crippen LogP contribution is 2.38. The van der Waals surface area contributed by atoms with E-state index in [-0.39, 0.29) is 23.8 Å². The highest BCUT2D eigenvalue weighted by atomic mass is 19.1. The summed E-state index contributed by atoms with van der Waals surface area (Å²) in [7, 11) is 2.93. The molecule has 212 valence electrons. The van der Waals surface area contributed by atoms with E-state index >= 15 is 0 Å². The highest BCUT2D eigenvalue weighted by molar-refractivity contribution is 5.92. The van der Waals surface area contributed by atoms with Gasteiger partial charge in [-0.05, 0) is 55.3 Å². The second-order valence-corrected chi connectivity index (χ2v) is 9.79. The predicted molar refractivity (Wildman–Crippen MR) is 155 cm³/mol. The van der Waals surface area contributed by atoms with Crippen molar-refractivity contribution in [2.24, 2.45) is 5.10 Å². The molecule has 1 fully saturated rings. The van der Waals surface area contributed by atoms with Crippen molar-refractivity contribution in [1.29, 1.82) is 0 Å². The Labute approximate surface area is 236 Å². The molecule has 1 aliphatic carbocycles. The molecule has 0 atom stereocenters. The number of rotatable bonds is 9. The summed E-state index contributed by atoms with van der Waals surface area (Å²) in [5.41, 5.74) is 1.34. The van der Waals surface area contributed by atoms with Crippen LogP contribution in [0, 0.1) is 5.82 Å². The molecule has 1 saturated carbocycles. The number of nitrogens with zero attached hydrogens (tertiary/aromatic N) is 3. The molecule has 1 aromatic heterocycles. The molecule has 41 heavy (non-hydrogen) atoms. The van der Waals surface area contributed by atoms with Gasteiger partial charge < -0.3 is 19.5 Å². The van der Waals surface area contributed by atoms with Crippen molar-refractivity contribution in [2.45, 2.75) is 38.0 Å². The second kappa shape index (κ2) is 12.6. The van der Waals surface area contributed by atoms with E-state index in [2.05, 4.69) is 10.4 Å². The van der Waals surface area contributed by atoms with Gasteiger partial charge in [0.1, 0.15) is 11.6 Å². The number of nitrogens with one attached hydrogen (secondary N) is 1. The van der Waals surface area contributed by atoms with Gasteiger partial charge in [0.25, 0.3) is 11.5 Å². The van der Waals surface area contributed by atoms with Crippen molar-refractivity contribution < 1.29 is 23.4 Å². The summed E-state index contributed by atoms with van der Waals surface area (Å²) in [5, 5.41) is 7.66. The predicted octanol–water partition coefficient (Wildman–Crippen LogP) is 5.50. The van der Waals surface area contributed by atoms with Crippen molar-refractivity contribution in [2.75, 3.05) is 26.1 Å². The third kappa shape index (κ3) is 6.37. The number of hydrogen-bond donors (Lipinski definition) is 1. The summed E-state index contributed by atoms with van der Waals surface area (Å²) in [4.78, 5) is 30.8. The average Bonchev–Trinajstić information content (AvgIpc) is 2.99. The Balaban J connectivity index is 1.42. The van der Waals surface area contributed by atoms with Crippen molar-refractivity contribution in [1.82, 2.24) is 9.66 Å². The molecule has 1 aliphatic rings. The SMILES string of the molecule is COc1cc(C=Nn2c(C3CCCCC3)nc3ccccc3c2=O)cc(OC)c1OCC(=O)Nc1cccc(F)c1. The molecule has 0 radical (unpaired) electrons. The number of ether oxygens (including phenoxy) is 3. The molecule has 10 heteroatoms. The first kappa shape index (κ1) is 27.8. The third-order valence-electron chi connectivity index (χ3n) is 7.01. The number of hydrogen-bond acceptors (Lipinski definition) is 7. The van der Waals surface area contributed by atoms with Crippen LogP contribution in [0.1, 0.15) is 49.4 Å². The Kier molecular flexibility index (Phi) is 8.57. The van der Waals surface area contributed by atoms with Crippen LogP contribution in [0.15, 0.2) is 70.6 Å². The Morgan fingerprint density at radius 2 is 1.78 bits per heavy atom. The quantitative estimate of drug-likeness (QED) is 0.272. The van der Waals surface area contributed by atoms with E-state index in [0.29, 0.717) is 39.5 Å². The monoisotopic (exact) mass is 558 g/mol. The van der Waals surface area contributed by atoms with Crippen molar-refractivity contribution in [3.8, 4) is 17.2 Å². The van der Waals surface area contributed by atoms with Crippen molar-refractivity contribution >= 4 is 28.7 Å². The number of anilines is 1. The zero-order valence-corrected chi connectivity index (χ0v) is 22.9. The molecule has 0 spiro atoms. The van der Waals surface area contributed by atoms with E-state index < -0.39 is 11.7 Å². The van der Waals surface area contributed by atoms with Gasteiger partial charge in [-0.1, -0.05) is 37.5 Å². The van der Waals surface area contributed by atoms with Crippen LogP contribution in [-0.4, -0.2) is 42.6 Å². The van der Waals surface area contributed by atoms with E-state index in [4.69, 9.17) is 19.2 Å². The Morgan fingerprint density at radius 3 is 2.49 bits per heavy atom. The summed E-state index contributed by atoms with van der Waals surface area (Å²) < 4.78 is 31.6. The Hall–Kier alpha value is -4.73. The smallest absolute Gasteiger partial charge is 0.282 e. The number of benzene rings is 3. The Morgan fingerprint density at radius 1 is 1.05 bits per heavy atom. The van der Waals surface area contributed by atoms with Crippen LogP contribution in [0.2, 0.25) is 0 Å². The Bertz CT molecular complexity index is 1620. The maximum absolute atomic E-state index is 13.5.